The molecule has 1 aliphatic heterocycles. The number of hydrogen-bond acceptors (Lipinski definition) is 5. The zero-order valence-corrected chi connectivity index (χ0v) is 18.8. The first-order valence-corrected chi connectivity index (χ1v) is 11.5. The Hall–Kier alpha value is -3.14. The average Bonchev–Trinajstić information content (AvgIpc) is 3.48. The Bertz CT molecular complexity index is 1080. The van der Waals surface area contributed by atoms with Gasteiger partial charge >= 0.3 is 0 Å². The summed E-state index contributed by atoms with van der Waals surface area (Å²) >= 11 is 6.14. The molecule has 2 aromatic heterocycles. The number of fused-ring (bicyclic) bond motifs is 1. The molecule has 3 atom stereocenters. The van der Waals surface area contributed by atoms with E-state index in [1.165, 1.54) is 6.20 Å². The normalized spacial score (nSPS) is 20.0. The van der Waals surface area contributed by atoms with E-state index in [1.54, 1.807) is 12.3 Å². The van der Waals surface area contributed by atoms with Crippen LogP contribution in [0, 0.1) is 11.8 Å². The van der Waals surface area contributed by atoms with Crippen LogP contribution in [0.4, 0.5) is 0 Å². The zero-order valence-electron chi connectivity index (χ0n) is 18.0. The zero-order chi connectivity index (χ0) is 23.5. The third-order valence-corrected chi connectivity index (χ3v) is 6.51. The van der Waals surface area contributed by atoms with Crippen molar-refractivity contribution in [3.05, 3.63) is 29.2 Å². The van der Waals surface area contributed by atoms with Crippen molar-refractivity contribution in [2.75, 3.05) is 6.54 Å². The first-order chi connectivity index (χ1) is 15.8. The molecule has 2 fully saturated rings. The van der Waals surface area contributed by atoms with Crippen molar-refractivity contribution in [2.24, 2.45) is 17.6 Å². The van der Waals surface area contributed by atoms with E-state index in [2.05, 4.69) is 25.9 Å². The highest BCUT2D eigenvalue weighted by molar-refractivity contribution is 6.35. The number of nitrogens with one attached hydrogen (secondary N) is 4. The number of hydrogen-bond donors (Lipinski definition) is 5. The highest BCUT2D eigenvalue weighted by Gasteiger charge is 2.34. The molecule has 3 heterocycles. The molecule has 1 saturated heterocycles. The largest absolute Gasteiger partial charge is 0.368 e. The lowest BCUT2D eigenvalue weighted by molar-refractivity contribution is -0.131. The Morgan fingerprint density at radius 2 is 1.94 bits per heavy atom. The van der Waals surface area contributed by atoms with Crippen molar-refractivity contribution in [3.63, 3.8) is 0 Å². The molecule has 11 heteroatoms. The second-order valence-electron chi connectivity index (χ2n) is 8.80. The lowest BCUT2D eigenvalue weighted by Gasteiger charge is -2.27. The smallest absolute Gasteiger partial charge is 0.268 e. The Labute approximate surface area is 195 Å². The molecule has 4 rings (SSSR count). The summed E-state index contributed by atoms with van der Waals surface area (Å²) in [5.74, 6) is -1.87. The maximum Gasteiger partial charge on any atom is 0.268 e. The van der Waals surface area contributed by atoms with Gasteiger partial charge in [0.05, 0.1) is 16.7 Å². The van der Waals surface area contributed by atoms with E-state index in [9.17, 15) is 19.2 Å². The Balaban J connectivity index is 1.45. The van der Waals surface area contributed by atoms with E-state index in [-0.39, 0.29) is 18.0 Å². The number of amides is 4. The van der Waals surface area contributed by atoms with Gasteiger partial charge in [0.2, 0.25) is 17.7 Å². The second kappa shape index (κ2) is 9.78. The molecule has 176 valence electrons. The SMILES string of the molecule is NC(=O)[C@H](C[C@@H]1CCCNC1=O)NC(=O)[C@H](CC1CC1)NC(=O)c1cc2c(Cl)cncc2[nH]1. The quantitative estimate of drug-likeness (QED) is 0.366. The summed E-state index contributed by atoms with van der Waals surface area (Å²) in [6.07, 6.45) is 7.03. The van der Waals surface area contributed by atoms with Gasteiger partial charge in [-0.05, 0) is 37.7 Å². The number of aromatic amines is 1. The predicted octanol–water partition coefficient (Wildman–Crippen LogP) is 1.00. The summed E-state index contributed by atoms with van der Waals surface area (Å²) in [7, 11) is 0. The van der Waals surface area contributed by atoms with Crippen molar-refractivity contribution in [2.45, 2.75) is 50.6 Å². The fourth-order valence-corrected chi connectivity index (χ4v) is 4.37. The number of nitrogens with two attached hydrogens (primary N) is 1. The van der Waals surface area contributed by atoms with Crippen molar-refractivity contribution in [1.82, 2.24) is 25.9 Å². The summed E-state index contributed by atoms with van der Waals surface area (Å²) in [6, 6.07) is -0.232. The van der Waals surface area contributed by atoms with E-state index in [0.717, 1.165) is 19.3 Å². The molecule has 33 heavy (non-hydrogen) atoms. The molecule has 1 aliphatic carbocycles. The number of piperidine rings is 1. The van der Waals surface area contributed by atoms with Gasteiger partial charge in [0.1, 0.15) is 17.8 Å². The number of primary amides is 1. The lowest BCUT2D eigenvalue weighted by Crippen LogP contribution is -2.54. The summed E-state index contributed by atoms with van der Waals surface area (Å²) in [5.41, 5.74) is 6.37. The van der Waals surface area contributed by atoms with Crippen LogP contribution in [0.3, 0.4) is 0 Å². The second-order valence-corrected chi connectivity index (χ2v) is 9.21. The molecule has 2 aliphatic rings. The minimum atomic E-state index is -0.997. The first-order valence-electron chi connectivity index (χ1n) is 11.1. The standard InChI is InChI=1S/C22H27ClN6O4/c23-14-9-25-10-18-13(14)8-17(27-18)22(33)29-16(6-11-3-4-11)21(32)28-15(19(24)30)7-12-2-1-5-26-20(12)31/h8-12,15-16,27H,1-7H2,(H2,24,30)(H,26,31)(H,28,32)(H,29,33)/t12-,15-,16-/m0/s1. The third-order valence-electron chi connectivity index (χ3n) is 6.21. The summed E-state index contributed by atoms with van der Waals surface area (Å²) in [4.78, 5) is 57.0. The first kappa shape index (κ1) is 23.0. The number of rotatable bonds is 9. The highest BCUT2D eigenvalue weighted by Crippen LogP contribution is 2.33. The Morgan fingerprint density at radius 3 is 2.61 bits per heavy atom. The van der Waals surface area contributed by atoms with E-state index < -0.39 is 35.7 Å². The minimum absolute atomic E-state index is 0.129. The van der Waals surface area contributed by atoms with Crippen LogP contribution in [0.25, 0.3) is 10.9 Å². The molecule has 4 amide bonds. The Kier molecular flexibility index (Phi) is 6.83. The molecule has 0 bridgehead atoms. The molecule has 0 aromatic carbocycles. The van der Waals surface area contributed by atoms with E-state index in [4.69, 9.17) is 17.3 Å². The number of nitrogens with zero attached hydrogens (tertiary/aromatic N) is 1. The van der Waals surface area contributed by atoms with Gasteiger partial charge < -0.3 is 26.7 Å². The van der Waals surface area contributed by atoms with Gasteiger partial charge in [-0.3, -0.25) is 24.2 Å². The maximum atomic E-state index is 13.1. The van der Waals surface area contributed by atoms with E-state index >= 15 is 0 Å². The van der Waals surface area contributed by atoms with Gasteiger partial charge in [-0.1, -0.05) is 24.4 Å². The van der Waals surface area contributed by atoms with Crippen molar-refractivity contribution < 1.29 is 19.2 Å². The van der Waals surface area contributed by atoms with Gasteiger partial charge in [-0.25, -0.2) is 0 Å². The third kappa shape index (κ3) is 5.62. The van der Waals surface area contributed by atoms with Crippen LogP contribution in [-0.4, -0.2) is 52.2 Å². The average molecular weight is 475 g/mol. The number of pyridine rings is 1. The van der Waals surface area contributed by atoms with E-state index in [0.29, 0.717) is 41.2 Å². The predicted molar refractivity (Wildman–Crippen MR) is 121 cm³/mol. The molecule has 1 saturated carbocycles. The molecule has 0 unspecified atom stereocenters. The van der Waals surface area contributed by atoms with Crippen LogP contribution in [0.2, 0.25) is 5.02 Å². The summed E-state index contributed by atoms with van der Waals surface area (Å²) < 4.78 is 0. The van der Waals surface area contributed by atoms with Gasteiger partial charge in [0.25, 0.3) is 5.91 Å². The number of carbonyl (C=O) groups excluding carboxylic acids is 4. The molecule has 6 N–H and O–H groups in total. The topological polar surface area (TPSA) is 159 Å². The lowest BCUT2D eigenvalue weighted by atomic mass is 9.91. The molecular formula is C22H27ClN6O4. The van der Waals surface area contributed by atoms with Gasteiger partial charge in [0.15, 0.2) is 0 Å². The van der Waals surface area contributed by atoms with E-state index in [1.807, 2.05) is 0 Å². The van der Waals surface area contributed by atoms with Crippen LogP contribution < -0.4 is 21.7 Å². The molecule has 0 spiro atoms. The van der Waals surface area contributed by atoms with Crippen molar-refractivity contribution in [3.8, 4) is 0 Å². The van der Waals surface area contributed by atoms with Crippen LogP contribution in [0.1, 0.15) is 49.0 Å². The summed E-state index contributed by atoms with van der Waals surface area (Å²) in [5, 5.41) is 9.25. The van der Waals surface area contributed by atoms with Gasteiger partial charge in [0, 0.05) is 24.0 Å². The maximum absolute atomic E-state index is 13.1. The van der Waals surface area contributed by atoms with Crippen LogP contribution in [-0.2, 0) is 14.4 Å². The Morgan fingerprint density at radius 1 is 1.15 bits per heavy atom. The van der Waals surface area contributed by atoms with Gasteiger partial charge in [-0.15, -0.1) is 0 Å². The fourth-order valence-electron chi connectivity index (χ4n) is 4.16. The van der Waals surface area contributed by atoms with Crippen LogP contribution in [0.5, 0.6) is 0 Å². The minimum Gasteiger partial charge on any atom is -0.368 e. The fraction of sp³-hybridized carbons (Fsp3) is 0.500. The monoisotopic (exact) mass is 474 g/mol. The van der Waals surface area contributed by atoms with Gasteiger partial charge in [-0.2, -0.15) is 0 Å². The molecule has 0 radical (unpaired) electrons. The molecular weight excluding hydrogens is 448 g/mol. The number of carbonyl (C=O) groups is 4. The number of aromatic nitrogens is 2. The summed E-state index contributed by atoms with van der Waals surface area (Å²) in [6.45, 7) is 0.605. The number of H-pyrrole nitrogens is 1. The van der Waals surface area contributed by atoms with Crippen LogP contribution in [0.15, 0.2) is 18.5 Å². The van der Waals surface area contributed by atoms with Crippen LogP contribution >= 0.6 is 11.6 Å². The highest BCUT2D eigenvalue weighted by atomic mass is 35.5. The number of halogens is 1. The van der Waals surface area contributed by atoms with Crippen molar-refractivity contribution >= 4 is 46.1 Å². The van der Waals surface area contributed by atoms with Crippen molar-refractivity contribution in [1.29, 1.82) is 0 Å². The molecule has 10 nitrogen and oxygen atoms in total. The molecule has 2 aromatic rings.